The second-order valence-electron chi connectivity index (χ2n) is 5.68. The highest BCUT2D eigenvalue weighted by Crippen LogP contribution is 2.17. The Bertz CT molecular complexity index is 293. The average Bonchev–Trinajstić information content (AvgIpc) is 2.95. The molecule has 17 heavy (non-hydrogen) atoms. The van der Waals surface area contributed by atoms with Gasteiger partial charge in [-0.15, -0.1) is 0 Å². The Hall–Kier alpha value is -1.10. The fourth-order valence-corrected chi connectivity index (χ4v) is 1.36. The molecule has 0 aromatic heterocycles. The molecule has 1 saturated carbocycles. The molecule has 1 aliphatic carbocycles. The summed E-state index contributed by atoms with van der Waals surface area (Å²) in [5.41, 5.74) is -0.275. The van der Waals surface area contributed by atoms with Gasteiger partial charge in [-0.3, -0.25) is 9.59 Å². The van der Waals surface area contributed by atoms with Crippen LogP contribution in [0.25, 0.3) is 0 Å². The molecule has 0 aromatic rings. The Morgan fingerprint density at radius 1 is 1.29 bits per heavy atom. The number of carbonyl (C=O) groups is 2. The Morgan fingerprint density at radius 2 is 1.88 bits per heavy atom. The van der Waals surface area contributed by atoms with Crippen LogP contribution in [0.4, 0.5) is 0 Å². The van der Waals surface area contributed by atoms with Gasteiger partial charge in [-0.1, -0.05) is 0 Å². The molecule has 0 aliphatic heterocycles. The minimum Gasteiger partial charge on any atom is -0.350 e. The molecule has 0 spiro atoms. The maximum atomic E-state index is 11.7. The third-order valence-electron chi connectivity index (χ3n) is 2.40. The molecule has 5 nitrogen and oxygen atoms in total. The summed E-state index contributed by atoms with van der Waals surface area (Å²) in [7, 11) is 0. The van der Waals surface area contributed by atoms with Crippen LogP contribution >= 0.6 is 0 Å². The highest BCUT2D eigenvalue weighted by Gasteiger charge is 2.23. The molecule has 0 radical (unpaired) electrons. The Labute approximate surface area is 103 Å². The summed E-state index contributed by atoms with van der Waals surface area (Å²) in [6.07, 6.45) is 2.29. The molecule has 2 amide bonds. The lowest BCUT2D eigenvalue weighted by molar-refractivity contribution is -0.129. The van der Waals surface area contributed by atoms with E-state index in [1.807, 2.05) is 20.8 Å². The molecule has 98 valence electrons. The van der Waals surface area contributed by atoms with Crippen LogP contribution in [0.3, 0.4) is 0 Å². The standard InChI is InChI=1S/C12H23N3O2/c1-8(11(17)15-12(2,3)4)14-10(16)7-13-9-5-6-9/h8-9,13H,5-7H2,1-4H3,(H,14,16)(H,15,17). The van der Waals surface area contributed by atoms with Crippen molar-refractivity contribution in [2.45, 2.75) is 58.2 Å². The van der Waals surface area contributed by atoms with E-state index in [0.717, 1.165) is 12.8 Å². The summed E-state index contributed by atoms with van der Waals surface area (Å²) in [5.74, 6) is -0.286. The Morgan fingerprint density at radius 3 is 2.35 bits per heavy atom. The van der Waals surface area contributed by atoms with Gasteiger partial charge < -0.3 is 16.0 Å². The monoisotopic (exact) mass is 241 g/mol. The Balaban J connectivity index is 2.23. The highest BCUT2D eigenvalue weighted by atomic mass is 16.2. The zero-order valence-corrected chi connectivity index (χ0v) is 11.1. The van der Waals surface area contributed by atoms with Crippen LogP contribution in [-0.2, 0) is 9.59 Å². The van der Waals surface area contributed by atoms with Crippen molar-refractivity contribution in [3.8, 4) is 0 Å². The van der Waals surface area contributed by atoms with Crippen LogP contribution in [0, 0.1) is 0 Å². The first-order chi connectivity index (χ1) is 7.78. The van der Waals surface area contributed by atoms with E-state index in [2.05, 4.69) is 16.0 Å². The van der Waals surface area contributed by atoms with Crippen LogP contribution in [0.2, 0.25) is 0 Å². The van der Waals surface area contributed by atoms with E-state index in [1.165, 1.54) is 0 Å². The van der Waals surface area contributed by atoms with Crippen molar-refractivity contribution in [1.29, 1.82) is 0 Å². The quantitative estimate of drug-likeness (QED) is 0.642. The van der Waals surface area contributed by atoms with Crippen molar-refractivity contribution >= 4 is 11.8 Å². The smallest absolute Gasteiger partial charge is 0.242 e. The molecule has 0 heterocycles. The van der Waals surface area contributed by atoms with Crippen molar-refractivity contribution in [2.24, 2.45) is 0 Å². The van der Waals surface area contributed by atoms with Gasteiger partial charge in [0.15, 0.2) is 0 Å². The molecule has 1 atom stereocenters. The van der Waals surface area contributed by atoms with E-state index < -0.39 is 6.04 Å². The molecule has 1 unspecified atom stereocenters. The highest BCUT2D eigenvalue weighted by molar-refractivity contribution is 5.88. The lowest BCUT2D eigenvalue weighted by atomic mass is 10.1. The Kier molecular flexibility index (Phi) is 4.51. The second kappa shape index (κ2) is 5.49. The summed E-state index contributed by atoms with van der Waals surface area (Å²) in [5, 5.41) is 8.60. The van der Waals surface area contributed by atoms with Gasteiger partial charge in [0.2, 0.25) is 11.8 Å². The fourth-order valence-electron chi connectivity index (χ4n) is 1.36. The maximum Gasteiger partial charge on any atom is 0.242 e. The first kappa shape index (κ1) is 14.0. The molecule has 0 saturated heterocycles. The van der Waals surface area contributed by atoms with Gasteiger partial charge in [0, 0.05) is 11.6 Å². The predicted octanol–water partition coefficient (Wildman–Crippen LogP) is 0.158. The molecule has 5 heteroatoms. The number of carbonyl (C=O) groups excluding carboxylic acids is 2. The summed E-state index contributed by atoms with van der Waals surface area (Å²) >= 11 is 0. The molecular formula is C12H23N3O2. The fraction of sp³-hybridized carbons (Fsp3) is 0.833. The SMILES string of the molecule is CC(NC(=O)CNC1CC1)C(=O)NC(C)(C)C. The van der Waals surface area contributed by atoms with Crippen molar-refractivity contribution in [3.63, 3.8) is 0 Å². The second-order valence-corrected chi connectivity index (χ2v) is 5.68. The first-order valence-corrected chi connectivity index (χ1v) is 6.13. The lowest BCUT2D eigenvalue weighted by Gasteiger charge is -2.23. The van der Waals surface area contributed by atoms with E-state index in [9.17, 15) is 9.59 Å². The van der Waals surface area contributed by atoms with Gasteiger partial charge in [-0.25, -0.2) is 0 Å². The zero-order chi connectivity index (χ0) is 13.1. The molecule has 3 N–H and O–H groups in total. The van der Waals surface area contributed by atoms with Crippen LogP contribution in [0.1, 0.15) is 40.5 Å². The normalized spacial score (nSPS) is 17.4. The maximum absolute atomic E-state index is 11.7. The van der Waals surface area contributed by atoms with Crippen LogP contribution < -0.4 is 16.0 Å². The van der Waals surface area contributed by atoms with Crippen molar-refractivity contribution in [1.82, 2.24) is 16.0 Å². The third kappa shape index (κ3) is 6.26. The van der Waals surface area contributed by atoms with Crippen LogP contribution in [-0.4, -0.2) is 36.0 Å². The molecule has 0 bridgehead atoms. The van der Waals surface area contributed by atoms with Gasteiger partial charge in [0.1, 0.15) is 6.04 Å². The van der Waals surface area contributed by atoms with Gasteiger partial charge in [0.25, 0.3) is 0 Å². The van der Waals surface area contributed by atoms with Crippen molar-refractivity contribution < 1.29 is 9.59 Å². The summed E-state index contributed by atoms with van der Waals surface area (Å²) in [6, 6.07) is 0.00202. The van der Waals surface area contributed by atoms with E-state index in [-0.39, 0.29) is 23.9 Å². The van der Waals surface area contributed by atoms with Gasteiger partial charge in [-0.05, 0) is 40.5 Å². The first-order valence-electron chi connectivity index (χ1n) is 6.13. The number of amides is 2. The minimum absolute atomic E-state index is 0.131. The summed E-state index contributed by atoms with van der Waals surface area (Å²) < 4.78 is 0. The number of nitrogens with one attached hydrogen (secondary N) is 3. The minimum atomic E-state index is -0.497. The number of hydrogen-bond acceptors (Lipinski definition) is 3. The molecular weight excluding hydrogens is 218 g/mol. The van der Waals surface area contributed by atoms with Crippen LogP contribution in [0.15, 0.2) is 0 Å². The van der Waals surface area contributed by atoms with E-state index in [4.69, 9.17) is 0 Å². The van der Waals surface area contributed by atoms with Crippen molar-refractivity contribution in [2.75, 3.05) is 6.54 Å². The molecule has 0 aromatic carbocycles. The summed E-state index contributed by atoms with van der Waals surface area (Å²) in [4.78, 5) is 23.2. The van der Waals surface area contributed by atoms with E-state index in [0.29, 0.717) is 6.04 Å². The van der Waals surface area contributed by atoms with Gasteiger partial charge in [0.05, 0.1) is 6.54 Å². The van der Waals surface area contributed by atoms with E-state index in [1.54, 1.807) is 6.92 Å². The summed E-state index contributed by atoms with van der Waals surface area (Å²) in [6.45, 7) is 7.71. The van der Waals surface area contributed by atoms with E-state index >= 15 is 0 Å². The largest absolute Gasteiger partial charge is 0.350 e. The molecule has 1 fully saturated rings. The van der Waals surface area contributed by atoms with Gasteiger partial charge >= 0.3 is 0 Å². The topological polar surface area (TPSA) is 70.2 Å². The predicted molar refractivity (Wildman–Crippen MR) is 66.5 cm³/mol. The average molecular weight is 241 g/mol. The molecule has 1 aliphatic rings. The molecule has 1 rings (SSSR count). The van der Waals surface area contributed by atoms with Gasteiger partial charge in [-0.2, -0.15) is 0 Å². The number of rotatable bonds is 5. The third-order valence-corrected chi connectivity index (χ3v) is 2.40. The lowest BCUT2D eigenvalue weighted by Crippen LogP contribution is -2.52. The van der Waals surface area contributed by atoms with Crippen molar-refractivity contribution in [3.05, 3.63) is 0 Å². The number of hydrogen-bond donors (Lipinski definition) is 3. The van der Waals surface area contributed by atoms with Crippen LogP contribution in [0.5, 0.6) is 0 Å². The zero-order valence-electron chi connectivity index (χ0n) is 11.1.